The summed E-state index contributed by atoms with van der Waals surface area (Å²) in [6.07, 6.45) is 5.88. The number of ether oxygens (including phenoxy) is 3. The largest absolute Gasteiger partial charge is 0.483 e. The molecule has 2 atom stereocenters. The van der Waals surface area contributed by atoms with E-state index in [0.717, 1.165) is 44.3 Å². The van der Waals surface area contributed by atoms with Crippen LogP contribution in [0.3, 0.4) is 0 Å². The summed E-state index contributed by atoms with van der Waals surface area (Å²) in [5.74, 6) is 1.07. The van der Waals surface area contributed by atoms with Gasteiger partial charge in [-0.3, -0.25) is 9.59 Å². The number of hydrogen-bond acceptors (Lipinski definition) is 5. The molecule has 162 valence electrons. The van der Waals surface area contributed by atoms with Crippen LogP contribution in [0.25, 0.3) is 0 Å². The second-order valence-corrected chi connectivity index (χ2v) is 9.04. The van der Waals surface area contributed by atoms with Crippen molar-refractivity contribution in [3.8, 4) is 5.75 Å². The third-order valence-electron chi connectivity index (χ3n) is 7.21. The van der Waals surface area contributed by atoms with E-state index in [4.69, 9.17) is 14.2 Å². The van der Waals surface area contributed by atoms with Crippen molar-refractivity contribution in [2.24, 2.45) is 0 Å². The SMILES string of the molecule is O=C1COC[C@]2(CCCN3C(=O)COc4ccccc4C4CCC(CC4)OC[C@@H]32)N1. The van der Waals surface area contributed by atoms with E-state index < -0.39 is 5.54 Å². The van der Waals surface area contributed by atoms with Gasteiger partial charge in [0, 0.05) is 6.54 Å². The molecule has 2 saturated heterocycles. The zero-order chi connectivity index (χ0) is 20.6. The molecule has 0 unspecified atom stereocenters. The van der Waals surface area contributed by atoms with Gasteiger partial charge in [-0.15, -0.1) is 0 Å². The van der Waals surface area contributed by atoms with Crippen LogP contribution in [-0.2, 0) is 19.1 Å². The first kappa shape index (κ1) is 19.8. The molecule has 7 heteroatoms. The van der Waals surface area contributed by atoms with Gasteiger partial charge in [0.1, 0.15) is 12.4 Å². The number of hydrogen-bond donors (Lipinski definition) is 1. The Morgan fingerprint density at radius 2 is 1.90 bits per heavy atom. The fraction of sp³-hybridized carbons (Fsp3) is 0.652. The Morgan fingerprint density at radius 3 is 2.73 bits per heavy atom. The number of carbonyl (C=O) groups excluding carboxylic acids is 2. The first-order valence-corrected chi connectivity index (χ1v) is 11.2. The summed E-state index contributed by atoms with van der Waals surface area (Å²) in [5, 5.41) is 3.16. The summed E-state index contributed by atoms with van der Waals surface area (Å²) < 4.78 is 18.1. The molecule has 4 heterocycles. The third-order valence-corrected chi connectivity index (χ3v) is 7.21. The van der Waals surface area contributed by atoms with Gasteiger partial charge in [0.15, 0.2) is 6.61 Å². The van der Waals surface area contributed by atoms with Crippen molar-refractivity contribution in [3.05, 3.63) is 29.8 Å². The maximum absolute atomic E-state index is 13.2. The number of rotatable bonds is 0. The van der Waals surface area contributed by atoms with Crippen LogP contribution in [0.5, 0.6) is 5.75 Å². The lowest BCUT2D eigenvalue weighted by molar-refractivity contribution is -0.156. The molecule has 1 N–H and O–H groups in total. The number of nitrogens with one attached hydrogen (secondary N) is 1. The quantitative estimate of drug-likeness (QED) is 0.703. The lowest BCUT2D eigenvalue weighted by atomic mass is 9.80. The van der Waals surface area contributed by atoms with E-state index in [1.54, 1.807) is 0 Å². The molecular weight excluding hydrogens is 384 g/mol. The molecule has 1 aromatic rings. The highest BCUT2D eigenvalue weighted by atomic mass is 16.5. The van der Waals surface area contributed by atoms with Crippen LogP contribution in [0.2, 0.25) is 0 Å². The molecule has 1 aliphatic carbocycles. The zero-order valence-corrected chi connectivity index (χ0v) is 17.3. The van der Waals surface area contributed by atoms with Gasteiger partial charge < -0.3 is 24.4 Å². The number of amides is 2. The van der Waals surface area contributed by atoms with Crippen LogP contribution in [0.4, 0.5) is 0 Å². The number of piperidine rings is 1. The summed E-state index contributed by atoms with van der Waals surface area (Å²) in [6.45, 7) is 1.54. The van der Waals surface area contributed by atoms with E-state index in [-0.39, 0.29) is 37.2 Å². The molecule has 6 rings (SSSR count). The maximum atomic E-state index is 13.2. The average molecular weight is 415 g/mol. The van der Waals surface area contributed by atoms with E-state index in [1.165, 1.54) is 5.56 Å². The molecule has 5 aliphatic rings. The van der Waals surface area contributed by atoms with Crippen molar-refractivity contribution in [2.75, 3.05) is 33.0 Å². The van der Waals surface area contributed by atoms with Crippen molar-refractivity contribution in [1.82, 2.24) is 10.2 Å². The Morgan fingerprint density at radius 1 is 1.07 bits per heavy atom. The molecule has 1 aromatic carbocycles. The second-order valence-electron chi connectivity index (χ2n) is 9.04. The molecule has 2 amide bonds. The van der Waals surface area contributed by atoms with Crippen molar-refractivity contribution in [3.63, 3.8) is 0 Å². The minimum absolute atomic E-state index is 0.00541. The summed E-state index contributed by atoms with van der Waals surface area (Å²) in [4.78, 5) is 27.3. The first-order valence-electron chi connectivity index (χ1n) is 11.2. The number of morpholine rings is 1. The minimum Gasteiger partial charge on any atom is -0.483 e. The molecule has 4 aliphatic heterocycles. The van der Waals surface area contributed by atoms with Crippen LogP contribution >= 0.6 is 0 Å². The topological polar surface area (TPSA) is 77.1 Å². The highest BCUT2D eigenvalue weighted by molar-refractivity contribution is 5.81. The van der Waals surface area contributed by atoms with Crippen LogP contribution in [0, 0.1) is 0 Å². The van der Waals surface area contributed by atoms with Gasteiger partial charge in [-0.2, -0.15) is 0 Å². The van der Waals surface area contributed by atoms with Crippen molar-refractivity contribution in [1.29, 1.82) is 0 Å². The Kier molecular flexibility index (Phi) is 5.41. The maximum Gasteiger partial charge on any atom is 0.260 e. The van der Waals surface area contributed by atoms with E-state index in [2.05, 4.69) is 11.4 Å². The number of nitrogens with zero attached hydrogens (tertiary/aromatic N) is 1. The Bertz CT molecular complexity index is 803. The number of para-hydroxylation sites is 1. The van der Waals surface area contributed by atoms with Gasteiger partial charge in [-0.1, -0.05) is 18.2 Å². The van der Waals surface area contributed by atoms with Crippen LogP contribution < -0.4 is 10.1 Å². The van der Waals surface area contributed by atoms with E-state index in [0.29, 0.717) is 25.7 Å². The minimum atomic E-state index is -0.585. The fourth-order valence-corrected chi connectivity index (χ4v) is 5.66. The molecule has 1 spiro atoms. The van der Waals surface area contributed by atoms with E-state index >= 15 is 0 Å². The number of benzene rings is 1. The normalized spacial score (nSPS) is 34.7. The van der Waals surface area contributed by atoms with Crippen molar-refractivity contribution in [2.45, 2.75) is 62.1 Å². The highest BCUT2D eigenvalue weighted by Gasteiger charge is 2.49. The molecule has 2 bridgehead atoms. The lowest BCUT2D eigenvalue weighted by Gasteiger charge is -2.51. The molecule has 3 fully saturated rings. The zero-order valence-electron chi connectivity index (χ0n) is 17.3. The first-order chi connectivity index (χ1) is 14.6. The standard InChI is InChI=1S/C23H30N2O5/c26-21-13-28-15-23(24-21)10-3-11-25-20(23)12-29-17-8-6-16(7-9-17)18-4-1-2-5-19(18)30-14-22(25)27/h1-2,4-5,16-17,20H,3,6-15H2,(H,24,26)/t16?,17?,20-,23+/m1/s1. The highest BCUT2D eigenvalue weighted by Crippen LogP contribution is 2.39. The summed E-state index contributed by atoms with van der Waals surface area (Å²) in [5.41, 5.74) is 0.612. The fourth-order valence-electron chi connectivity index (χ4n) is 5.66. The molecular formula is C23H30N2O5. The van der Waals surface area contributed by atoms with Gasteiger partial charge in [-0.05, 0) is 56.1 Å². The van der Waals surface area contributed by atoms with Gasteiger partial charge in [-0.25, -0.2) is 0 Å². The smallest absolute Gasteiger partial charge is 0.260 e. The summed E-state index contributed by atoms with van der Waals surface area (Å²) in [7, 11) is 0. The van der Waals surface area contributed by atoms with Crippen molar-refractivity contribution >= 4 is 11.8 Å². The Balaban J connectivity index is 1.46. The summed E-state index contributed by atoms with van der Waals surface area (Å²) >= 11 is 0. The number of fused-ring (bicyclic) bond motifs is 5. The van der Waals surface area contributed by atoms with E-state index in [9.17, 15) is 9.59 Å². The van der Waals surface area contributed by atoms with Crippen LogP contribution in [0.1, 0.15) is 50.0 Å². The van der Waals surface area contributed by atoms with Gasteiger partial charge >= 0.3 is 0 Å². The van der Waals surface area contributed by atoms with Gasteiger partial charge in [0.2, 0.25) is 5.91 Å². The third kappa shape index (κ3) is 3.69. The Labute approximate surface area is 177 Å². The average Bonchev–Trinajstić information content (AvgIpc) is 2.78. The number of carbonyl (C=O) groups is 2. The Hall–Kier alpha value is -2.12. The van der Waals surface area contributed by atoms with Crippen LogP contribution in [0.15, 0.2) is 24.3 Å². The molecule has 30 heavy (non-hydrogen) atoms. The molecule has 0 radical (unpaired) electrons. The van der Waals surface area contributed by atoms with E-state index in [1.807, 2.05) is 23.1 Å². The van der Waals surface area contributed by atoms with Gasteiger partial charge in [0.25, 0.3) is 5.91 Å². The summed E-state index contributed by atoms with van der Waals surface area (Å²) in [6, 6.07) is 7.85. The predicted molar refractivity (Wildman–Crippen MR) is 109 cm³/mol. The lowest BCUT2D eigenvalue weighted by Crippen LogP contribution is -2.72. The van der Waals surface area contributed by atoms with Gasteiger partial charge in [0.05, 0.1) is 30.9 Å². The second kappa shape index (κ2) is 8.19. The monoisotopic (exact) mass is 414 g/mol. The van der Waals surface area contributed by atoms with Crippen molar-refractivity contribution < 1.29 is 23.8 Å². The molecule has 7 nitrogen and oxygen atoms in total. The molecule has 0 aromatic heterocycles. The predicted octanol–water partition coefficient (Wildman–Crippen LogP) is 2.00. The molecule has 1 saturated carbocycles. The van der Waals surface area contributed by atoms with Crippen LogP contribution in [-0.4, -0.2) is 67.4 Å².